The highest BCUT2D eigenvalue weighted by atomic mass is 16.2. The number of carbonyl (C=O) groups excluding carboxylic acids is 1. The Kier molecular flexibility index (Phi) is 5.41. The van der Waals surface area contributed by atoms with Gasteiger partial charge in [0.25, 0.3) is 0 Å². The van der Waals surface area contributed by atoms with Crippen molar-refractivity contribution in [2.45, 2.75) is 45.3 Å². The van der Waals surface area contributed by atoms with Crippen LogP contribution in [-0.4, -0.2) is 36.1 Å². The zero-order valence-corrected chi connectivity index (χ0v) is 12.4. The van der Waals surface area contributed by atoms with Gasteiger partial charge in [-0.05, 0) is 38.8 Å². The van der Waals surface area contributed by atoms with Gasteiger partial charge in [-0.2, -0.15) is 0 Å². The molecule has 0 radical (unpaired) electrons. The van der Waals surface area contributed by atoms with Crippen LogP contribution in [0.5, 0.6) is 0 Å². The van der Waals surface area contributed by atoms with E-state index in [9.17, 15) is 4.79 Å². The number of urea groups is 1. The molecule has 1 aliphatic rings. The molecular weight excluding hydrogens is 250 g/mol. The molecule has 1 aliphatic heterocycles. The third kappa shape index (κ3) is 4.53. The minimum atomic E-state index is -0.0653. The van der Waals surface area contributed by atoms with Crippen LogP contribution in [0.1, 0.15) is 32.3 Å². The van der Waals surface area contributed by atoms with Gasteiger partial charge in [-0.15, -0.1) is 0 Å². The van der Waals surface area contributed by atoms with Gasteiger partial charge in [0.15, 0.2) is 0 Å². The lowest BCUT2D eigenvalue weighted by Gasteiger charge is -2.35. The van der Waals surface area contributed by atoms with Crippen molar-refractivity contribution in [2.24, 2.45) is 0 Å². The Labute approximate surface area is 121 Å². The first-order valence-electron chi connectivity index (χ1n) is 7.47. The third-order valence-electron chi connectivity index (χ3n) is 3.81. The van der Waals surface area contributed by atoms with Crippen LogP contribution in [-0.2, 0) is 6.54 Å². The summed E-state index contributed by atoms with van der Waals surface area (Å²) in [7, 11) is 0. The smallest absolute Gasteiger partial charge is 0.315 e. The standard InChI is InChI=1S/C16H25N3O/c1-13(2)19-10-6-9-15(12-19)18-16(20)17-11-14-7-4-3-5-8-14/h3-5,7-8,13,15H,6,9-12H2,1-2H3,(H2,17,18,20)/t15-/m1/s1. The first-order chi connectivity index (χ1) is 9.65. The number of benzene rings is 1. The molecule has 0 unspecified atom stereocenters. The molecule has 20 heavy (non-hydrogen) atoms. The van der Waals surface area contributed by atoms with E-state index in [1.54, 1.807) is 0 Å². The molecule has 1 fully saturated rings. The van der Waals surface area contributed by atoms with Crippen molar-refractivity contribution in [3.05, 3.63) is 35.9 Å². The number of likely N-dealkylation sites (tertiary alicyclic amines) is 1. The quantitative estimate of drug-likeness (QED) is 0.886. The molecular formula is C16H25N3O. The number of nitrogens with zero attached hydrogens (tertiary/aromatic N) is 1. The van der Waals surface area contributed by atoms with E-state index in [-0.39, 0.29) is 12.1 Å². The average molecular weight is 275 g/mol. The highest BCUT2D eigenvalue weighted by molar-refractivity contribution is 5.74. The molecule has 0 spiro atoms. The Morgan fingerprint density at radius 2 is 2.10 bits per heavy atom. The van der Waals surface area contributed by atoms with Crippen LogP contribution < -0.4 is 10.6 Å². The number of piperidine rings is 1. The van der Waals surface area contributed by atoms with Gasteiger partial charge in [0.2, 0.25) is 0 Å². The van der Waals surface area contributed by atoms with Crippen molar-refractivity contribution in [3.8, 4) is 0 Å². The second kappa shape index (κ2) is 7.29. The zero-order chi connectivity index (χ0) is 14.4. The number of nitrogens with one attached hydrogen (secondary N) is 2. The fraction of sp³-hybridized carbons (Fsp3) is 0.562. The van der Waals surface area contributed by atoms with Gasteiger partial charge in [0.05, 0.1) is 0 Å². The lowest BCUT2D eigenvalue weighted by atomic mass is 10.0. The lowest BCUT2D eigenvalue weighted by molar-refractivity contribution is 0.154. The van der Waals surface area contributed by atoms with Crippen LogP contribution in [0.3, 0.4) is 0 Å². The van der Waals surface area contributed by atoms with E-state index in [1.807, 2.05) is 30.3 Å². The lowest BCUT2D eigenvalue weighted by Crippen LogP contribution is -2.51. The SMILES string of the molecule is CC(C)N1CCC[C@@H](NC(=O)NCc2ccccc2)C1. The van der Waals surface area contributed by atoms with E-state index in [4.69, 9.17) is 0 Å². The average Bonchev–Trinajstić information content (AvgIpc) is 2.46. The van der Waals surface area contributed by atoms with E-state index >= 15 is 0 Å². The van der Waals surface area contributed by atoms with Crippen LogP contribution in [0.15, 0.2) is 30.3 Å². The summed E-state index contributed by atoms with van der Waals surface area (Å²) >= 11 is 0. The summed E-state index contributed by atoms with van der Waals surface area (Å²) in [5, 5.41) is 6.00. The van der Waals surface area contributed by atoms with Crippen LogP contribution in [0, 0.1) is 0 Å². The number of hydrogen-bond donors (Lipinski definition) is 2. The van der Waals surface area contributed by atoms with Crippen molar-refractivity contribution < 1.29 is 4.79 Å². The topological polar surface area (TPSA) is 44.4 Å². The summed E-state index contributed by atoms with van der Waals surface area (Å²) in [4.78, 5) is 14.3. The Morgan fingerprint density at radius 1 is 1.35 bits per heavy atom. The molecule has 4 heteroatoms. The maximum absolute atomic E-state index is 11.9. The van der Waals surface area contributed by atoms with E-state index < -0.39 is 0 Å². The van der Waals surface area contributed by atoms with E-state index in [0.717, 1.165) is 31.5 Å². The number of carbonyl (C=O) groups is 1. The summed E-state index contributed by atoms with van der Waals surface area (Å²) in [5.41, 5.74) is 1.12. The van der Waals surface area contributed by atoms with Crippen LogP contribution in [0.2, 0.25) is 0 Å². The fourth-order valence-corrected chi connectivity index (χ4v) is 2.61. The molecule has 4 nitrogen and oxygen atoms in total. The highest BCUT2D eigenvalue weighted by Crippen LogP contribution is 2.12. The van der Waals surface area contributed by atoms with Crippen LogP contribution in [0.25, 0.3) is 0 Å². The Balaban J connectivity index is 1.74. The fourth-order valence-electron chi connectivity index (χ4n) is 2.61. The number of rotatable bonds is 4. The van der Waals surface area contributed by atoms with Crippen molar-refractivity contribution in [2.75, 3.05) is 13.1 Å². The Bertz CT molecular complexity index is 419. The highest BCUT2D eigenvalue weighted by Gasteiger charge is 2.22. The molecule has 1 aromatic carbocycles. The summed E-state index contributed by atoms with van der Waals surface area (Å²) in [6, 6.07) is 10.7. The molecule has 0 bridgehead atoms. The van der Waals surface area contributed by atoms with Gasteiger partial charge >= 0.3 is 6.03 Å². The summed E-state index contributed by atoms with van der Waals surface area (Å²) in [6.45, 7) is 7.08. The molecule has 2 rings (SSSR count). The maximum atomic E-state index is 11.9. The van der Waals surface area contributed by atoms with E-state index in [2.05, 4.69) is 29.4 Å². The Morgan fingerprint density at radius 3 is 2.80 bits per heavy atom. The molecule has 0 saturated carbocycles. The Hall–Kier alpha value is -1.55. The largest absolute Gasteiger partial charge is 0.334 e. The molecule has 2 amide bonds. The normalized spacial score (nSPS) is 19.9. The van der Waals surface area contributed by atoms with E-state index in [1.165, 1.54) is 0 Å². The second-order valence-electron chi connectivity index (χ2n) is 5.74. The molecule has 1 saturated heterocycles. The molecule has 1 atom stereocenters. The molecule has 110 valence electrons. The predicted molar refractivity (Wildman–Crippen MR) is 81.5 cm³/mol. The van der Waals surface area contributed by atoms with Gasteiger partial charge in [-0.25, -0.2) is 4.79 Å². The summed E-state index contributed by atoms with van der Waals surface area (Å²) in [6.07, 6.45) is 2.23. The summed E-state index contributed by atoms with van der Waals surface area (Å²) < 4.78 is 0. The number of hydrogen-bond acceptors (Lipinski definition) is 2. The predicted octanol–water partition coefficient (Wildman–Crippen LogP) is 2.36. The molecule has 1 heterocycles. The van der Waals surface area contributed by atoms with Gasteiger partial charge in [0.1, 0.15) is 0 Å². The van der Waals surface area contributed by atoms with Crippen molar-refractivity contribution in [1.82, 2.24) is 15.5 Å². The minimum absolute atomic E-state index is 0.0653. The van der Waals surface area contributed by atoms with Crippen LogP contribution >= 0.6 is 0 Å². The first-order valence-corrected chi connectivity index (χ1v) is 7.47. The zero-order valence-electron chi connectivity index (χ0n) is 12.4. The molecule has 0 aromatic heterocycles. The summed E-state index contributed by atoms with van der Waals surface area (Å²) in [5.74, 6) is 0. The van der Waals surface area contributed by atoms with Crippen molar-refractivity contribution in [1.29, 1.82) is 0 Å². The van der Waals surface area contributed by atoms with E-state index in [0.29, 0.717) is 12.6 Å². The van der Waals surface area contributed by atoms with Gasteiger partial charge in [-0.3, -0.25) is 4.90 Å². The van der Waals surface area contributed by atoms with Gasteiger partial charge in [-0.1, -0.05) is 30.3 Å². The first kappa shape index (κ1) is 14.9. The maximum Gasteiger partial charge on any atom is 0.315 e. The molecule has 1 aromatic rings. The van der Waals surface area contributed by atoms with Gasteiger partial charge in [0, 0.05) is 25.2 Å². The third-order valence-corrected chi connectivity index (χ3v) is 3.81. The van der Waals surface area contributed by atoms with Crippen LogP contribution in [0.4, 0.5) is 4.79 Å². The van der Waals surface area contributed by atoms with Crippen molar-refractivity contribution in [3.63, 3.8) is 0 Å². The monoisotopic (exact) mass is 275 g/mol. The van der Waals surface area contributed by atoms with Crippen molar-refractivity contribution >= 4 is 6.03 Å². The molecule has 2 N–H and O–H groups in total. The minimum Gasteiger partial charge on any atom is -0.334 e. The van der Waals surface area contributed by atoms with Gasteiger partial charge < -0.3 is 10.6 Å². The second-order valence-corrected chi connectivity index (χ2v) is 5.74. The number of amides is 2. The molecule has 0 aliphatic carbocycles.